The van der Waals surface area contributed by atoms with Gasteiger partial charge < -0.3 is 0 Å². The van der Waals surface area contributed by atoms with E-state index in [1.54, 1.807) is 0 Å². The molecule has 0 aromatic heterocycles. The van der Waals surface area contributed by atoms with Gasteiger partial charge in [0, 0.05) is 5.25 Å². The van der Waals surface area contributed by atoms with Crippen molar-refractivity contribution in [3.8, 4) is 0 Å². The van der Waals surface area contributed by atoms with Crippen molar-refractivity contribution in [2.45, 2.75) is 30.9 Å². The van der Waals surface area contributed by atoms with Gasteiger partial charge in [-0.15, -0.1) is 0 Å². The molecule has 3 saturated carbocycles. The van der Waals surface area contributed by atoms with Crippen molar-refractivity contribution in [1.82, 2.24) is 0 Å². The summed E-state index contributed by atoms with van der Waals surface area (Å²) in [5.74, 6) is 2.16. The van der Waals surface area contributed by atoms with E-state index in [9.17, 15) is 0 Å². The van der Waals surface area contributed by atoms with Gasteiger partial charge in [0.2, 0.25) is 0 Å². The van der Waals surface area contributed by atoms with Crippen molar-refractivity contribution in [3.63, 3.8) is 0 Å². The highest BCUT2D eigenvalue weighted by atomic mass is 32.1. The lowest BCUT2D eigenvalue weighted by Gasteiger charge is -2.43. The molecule has 1 heteroatoms. The first kappa shape index (κ1) is 5.16. The molecule has 0 unspecified atom stereocenters. The summed E-state index contributed by atoms with van der Waals surface area (Å²) in [6.45, 7) is 0. The van der Waals surface area contributed by atoms with Crippen LogP contribution in [0.25, 0.3) is 0 Å². The first-order valence-electron chi connectivity index (χ1n) is 3.52. The molecule has 3 aliphatic rings. The molecule has 46 valence electrons. The molecule has 0 heterocycles. The van der Waals surface area contributed by atoms with E-state index in [0.29, 0.717) is 0 Å². The molecular weight excluding hydrogens is 116 g/mol. The van der Waals surface area contributed by atoms with Crippen LogP contribution in [-0.4, -0.2) is 5.25 Å². The first-order chi connectivity index (χ1) is 3.84. The van der Waals surface area contributed by atoms with Crippen LogP contribution in [0.3, 0.4) is 0 Å². The maximum Gasteiger partial charge on any atom is 0.00220 e. The van der Waals surface area contributed by atoms with Crippen LogP contribution in [0, 0.1) is 11.8 Å². The molecule has 0 radical (unpaired) electrons. The van der Waals surface area contributed by atoms with Gasteiger partial charge in [-0.3, -0.25) is 0 Å². The summed E-state index contributed by atoms with van der Waals surface area (Å²) in [6, 6.07) is 0. The molecule has 0 N–H and O–H groups in total. The number of rotatable bonds is 0. The number of thiol groups is 1. The van der Waals surface area contributed by atoms with Gasteiger partial charge in [-0.25, -0.2) is 0 Å². The van der Waals surface area contributed by atoms with Crippen molar-refractivity contribution >= 4 is 12.6 Å². The SMILES string of the molecule is SC1CC2CC(C1)C2. The minimum atomic E-state index is 0.757. The van der Waals surface area contributed by atoms with Crippen molar-refractivity contribution in [1.29, 1.82) is 0 Å². The van der Waals surface area contributed by atoms with Crippen molar-refractivity contribution < 1.29 is 0 Å². The maximum atomic E-state index is 4.45. The highest BCUT2D eigenvalue weighted by Crippen LogP contribution is 2.46. The molecule has 3 fully saturated rings. The van der Waals surface area contributed by atoms with E-state index in [4.69, 9.17) is 0 Å². The van der Waals surface area contributed by atoms with Crippen LogP contribution in [-0.2, 0) is 0 Å². The smallest absolute Gasteiger partial charge is 0.00220 e. The lowest BCUT2D eigenvalue weighted by molar-refractivity contribution is 0.121. The number of fused-ring (bicyclic) bond motifs is 2. The molecule has 0 aliphatic heterocycles. The van der Waals surface area contributed by atoms with Crippen LogP contribution in [0.1, 0.15) is 25.7 Å². The summed E-state index contributed by atoms with van der Waals surface area (Å²) in [6.07, 6.45) is 5.85. The Kier molecular flexibility index (Phi) is 1.07. The van der Waals surface area contributed by atoms with Gasteiger partial charge in [-0.2, -0.15) is 12.6 Å². The van der Waals surface area contributed by atoms with Crippen LogP contribution >= 0.6 is 12.6 Å². The predicted octanol–water partition coefficient (Wildman–Crippen LogP) is 2.10. The molecule has 8 heavy (non-hydrogen) atoms. The largest absolute Gasteiger partial charge is 0.176 e. The lowest BCUT2D eigenvalue weighted by Crippen LogP contribution is -2.34. The summed E-state index contributed by atoms with van der Waals surface area (Å²) in [5, 5.41) is 0.757. The molecule has 0 spiro atoms. The molecule has 0 amide bonds. The summed E-state index contributed by atoms with van der Waals surface area (Å²) < 4.78 is 0. The Morgan fingerprint density at radius 1 is 0.875 bits per heavy atom. The van der Waals surface area contributed by atoms with Crippen molar-refractivity contribution in [2.24, 2.45) is 11.8 Å². The highest BCUT2D eigenvalue weighted by Gasteiger charge is 2.36. The molecule has 3 rings (SSSR count). The minimum absolute atomic E-state index is 0.757. The summed E-state index contributed by atoms with van der Waals surface area (Å²) in [7, 11) is 0. The Hall–Kier alpha value is 0.350. The standard InChI is InChI=1S/C7H12S/c8-7-3-5-1-6(2-5)4-7/h5-8H,1-4H2. The third kappa shape index (κ3) is 0.680. The molecule has 0 saturated heterocycles. The van der Waals surface area contributed by atoms with E-state index in [2.05, 4.69) is 12.6 Å². The Morgan fingerprint density at radius 3 is 1.62 bits per heavy atom. The Balaban J connectivity index is 1.97. The summed E-state index contributed by atoms with van der Waals surface area (Å²) in [4.78, 5) is 0. The number of hydrogen-bond acceptors (Lipinski definition) is 1. The maximum absolute atomic E-state index is 4.45. The van der Waals surface area contributed by atoms with E-state index >= 15 is 0 Å². The van der Waals surface area contributed by atoms with Gasteiger partial charge in [-0.05, 0) is 37.5 Å². The van der Waals surface area contributed by atoms with E-state index in [1.807, 2.05) is 0 Å². The zero-order valence-electron chi connectivity index (χ0n) is 5.01. The van der Waals surface area contributed by atoms with Gasteiger partial charge in [0.15, 0.2) is 0 Å². The van der Waals surface area contributed by atoms with Crippen LogP contribution in [0.2, 0.25) is 0 Å². The van der Waals surface area contributed by atoms with E-state index in [0.717, 1.165) is 17.1 Å². The van der Waals surface area contributed by atoms with Gasteiger partial charge in [-0.1, -0.05) is 0 Å². The lowest BCUT2D eigenvalue weighted by atomic mass is 9.65. The van der Waals surface area contributed by atoms with Crippen LogP contribution < -0.4 is 0 Å². The fourth-order valence-corrected chi connectivity index (χ4v) is 2.72. The van der Waals surface area contributed by atoms with Gasteiger partial charge in [0.25, 0.3) is 0 Å². The number of hydrogen-bond donors (Lipinski definition) is 1. The zero-order chi connectivity index (χ0) is 5.56. The molecule has 0 nitrogen and oxygen atoms in total. The molecule has 0 aromatic carbocycles. The van der Waals surface area contributed by atoms with Crippen molar-refractivity contribution in [3.05, 3.63) is 0 Å². The van der Waals surface area contributed by atoms with E-state index < -0.39 is 0 Å². The topological polar surface area (TPSA) is 0 Å². The zero-order valence-corrected chi connectivity index (χ0v) is 5.90. The van der Waals surface area contributed by atoms with Crippen LogP contribution in [0.4, 0.5) is 0 Å². The Morgan fingerprint density at radius 2 is 1.38 bits per heavy atom. The van der Waals surface area contributed by atoms with Crippen LogP contribution in [0.15, 0.2) is 0 Å². The summed E-state index contributed by atoms with van der Waals surface area (Å²) in [5.41, 5.74) is 0. The Bertz CT molecular complexity index is 84.6. The molecule has 2 bridgehead atoms. The summed E-state index contributed by atoms with van der Waals surface area (Å²) >= 11 is 4.45. The molecule has 0 aromatic rings. The third-order valence-corrected chi connectivity index (χ3v) is 2.97. The van der Waals surface area contributed by atoms with Gasteiger partial charge in [0.1, 0.15) is 0 Å². The first-order valence-corrected chi connectivity index (χ1v) is 4.04. The Labute approximate surface area is 56.1 Å². The highest BCUT2D eigenvalue weighted by molar-refractivity contribution is 7.80. The quantitative estimate of drug-likeness (QED) is 0.475. The average molecular weight is 128 g/mol. The second kappa shape index (κ2) is 1.66. The second-order valence-corrected chi connectivity index (χ2v) is 4.06. The van der Waals surface area contributed by atoms with Crippen molar-refractivity contribution in [2.75, 3.05) is 0 Å². The molecular formula is C7H12S. The average Bonchev–Trinajstić information content (AvgIpc) is 1.62. The van der Waals surface area contributed by atoms with Crippen LogP contribution in [0.5, 0.6) is 0 Å². The minimum Gasteiger partial charge on any atom is -0.176 e. The fourth-order valence-electron chi connectivity index (χ4n) is 2.12. The van der Waals surface area contributed by atoms with E-state index in [1.165, 1.54) is 25.7 Å². The predicted molar refractivity (Wildman–Crippen MR) is 38.2 cm³/mol. The van der Waals surface area contributed by atoms with Gasteiger partial charge >= 0.3 is 0 Å². The molecule has 3 aliphatic carbocycles. The second-order valence-electron chi connectivity index (χ2n) is 3.33. The third-order valence-electron chi connectivity index (χ3n) is 2.54. The monoisotopic (exact) mass is 128 g/mol. The van der Waals surface area contributed by atoms with Gasteiger partial charge in [0.05, 0.1) is 0 Å². The fraction of sp³-hybridized carbons (Fsp3) is 1.00. The molecule has 0 atom stereocenters. The van der Waals surface area contributed by atoms with E-state index in [-0.39, 0.29) is 0 Å². The normalized spacial score (nSPS) is 52.9.